The number of aromatic nitrogens is 1. The van der Waals surface area contributed by atoms with Gasteiger partial charge in [0.25, 0.3) is 0 Å². The van der Waals surface area contributed by atoms with E-state index in [1.807, 2.05) is 70.7 Å². The number of hydrogen-bond donors (Lipinski definition) is 0. The lowest BCUT2D eigenvalue weighted by molar-refractivity contribution is -0.161. The zero-order valence-electron chi connectivity index (χ0n) is 23.2. The van der Waals surface area contributed by atoms with Crippen LogP contribution in [0.3, 0.4) is 0 Å². The maximum Gasteiger partial charge on any atom is 0.226 e. The van der Waals surface area contributed by atoms with Gasteiger partial charge in [-0.2, -0.15) is 0 Å². The summed E-state index contributed by atoms with van der Waals surface area (Å²) in [5, 5.41) is 1.20. The molecule has 0 radical (unpaired) electrons. The molecule has 1 amide bonds. The topological polar surface area (TPSA) is 52.9 Å². The summed E-state index contributed by atoms with van der Waals surface area (Å²) >= 11 is 2.37. The summed E-state index contributed by atoms with van der Waals surface area (Å²) in [5.41, 5.74) is 3.12. The van der Waals surface area contributed by atoms with E-state index >= 15 is 0 Å². The monoisotopic (exact) mass is 620 g/mol. The summed E-state index contributed by atoms with van der Waals surface area (Å²) in [6.45, 7) is 13.9. The number of carbonyl (C=O) groups is 1. The third-order valence-corrected chi connectivity index (χ3v) is 6.95. The summed E-state index contributed by atoms with van der Waals surface area (Å²) < 4.78 is 20.9. The number of halogens is 1. The van der Waals surface area contributed by atoms with Crippen molar-refractivity contribution in [2.45, 2.75) is 66.4 Å². The second-order valence-electron chi connectivity index (χ2n) is 10.4. The second-order valence-corrected chi connectivity index (χ2v) is 11.6. The van der Waals surface area contributed by atoms with Gasteiger partial charge in [-0.3, -0.25) is 4.79 Å². The van der Waals surface area contributed by atoms with Crippen LogP contribution < -0.4 is 4.74 Å². The van der Waals surface area contributed by atoms with Gasteiger partial charge in [0.1, 0.15) is 11.4 Å². The Bertz CT molecular complexity index is 1160. The van der Waals surface area contributed by atoms with E-state index in [9.17, 15) is 4.79 Å². The Morgan fingerprint density at radius 2 is 1.70 bits per heavy atom. The minimum absolute atomic E-state index is 0.0836. The Hall–Kier alpha value is -2.10. The first-order valence-electron chi connectivity index (χ1n) is 13.0. The number of carbonyl (C=O) groups excluding carboxylic acids is 1. The zero-order valence-corrected chi connectivity index (χ0v) is 25.4. The summed E-state index contributed by atoms with van der Waals surface area (Å²) in [5.74, 6) is 0.713. The highest BCUT2D eigenvalue weighted by atomic mass is 127. The Morgan fingerprint density at radius 1 is 1.05 bits per heavy atom. The summed E-state index contributed by atoms with van der Waals surface area (Å²) in [4.78, 5) is 15.8. The van der Waals surface area contributed by atoms with E-state index in [0.717, 1.165) is 22.4 Å². The largest absolute Gasteiger partial charge is 0.488 e. The lowest BCUT2D eigenvalue weighted by atomic mass is 9.99. The van der Waals surface area contributed by atoms with Gasteiger partial charge in [0.05, 0.1) is 12.1 Å². The van der Waals surface area contributed by atoms with Gasteiger partial charge in [0.2, 0.25) is 5.91 Å². The van der Waals surface area contributed by atoms with Crippen LogP contribution >= 0.6 is 22.6 Å². The van der Waals surface area contributed by atoms with Crippen LogP contribution in [-0.2, 0) is 34.3 Å². The van der Waals surface area contributed by atoms with E-state index in [2.05, 4.69) is 58.6 Å². The highest BCUT2D eigenvalue weighted by molar-refractivity contribution is 14.1. The molecule has 0 bridgehead atoms. The zero-order chi connectivity index (χ0) is 27.2. The van der Waals surface area contributed by atoms with Gasteiger partial charge in [-0.15, -0.1) is 0 Å². The molecule has 0 spiro atoms. The fraction of sp³-hybridized carbons (Fsp3) is 0.500. The van der Waals surface area contributed by atoms with Gasteiger partial charge in [0.15, 0.2) is 6.29 Å². The number of rotatable bonds is 12. The fourth-order valence-corrected chi connectivity index (χ4v) is 5.43. The number of hydrogen-bond acceptors (Lipinski definition) is 4. The Morgan fingerprint density at radius 3 is 2.30 bits per heavy atom. The van der Waals surface area contributed by atoms with Crippen LogP contribution in [-0.4, -0.2) is 47.0 Å². The van der Waals surface area contributed by atoms with Crippen LogP contribution in [0.15, 0.2) is 48.7 Å². The normalized spacial score (nSPS) is 12.8. The number of amides is 1. The molecule has 3 aromatic rings. The standard InChI is InChI=1S/C30H41IN2O4/c1-8-35-27(36-9-2)20-33(18-23-11-10-12-25-26(31)19-32(7)28(23)25)29(34)21(3)17-22-13-15-24(16-14-22)37-30(4,5)6/h10-16,19,21,27H,8-9,17-18,20H2,1-7H3/t21-/m0/s1. The molecule has 0 aliphatic heterocycles. The smallest absolute Gasteiger partial charge is 0.226 e. The number of para-hydroxylation sites is 1. The quantitative estimate of drug-likeness (QED) is 0.170. The Balaban J connectivity index is 1.83. The van der Waals surface area contributed by atoms with Crippen molar-refractivity contribution in [3.63, 3.8) is 0 Å². The maximum atomic E-state index is 13.9. The molecule has 1 aromatic heterocycles. The predicted molar refractivity (Wildman–Crippen MR) is 158 cm³/mol. The molecule has 6 nitrogen and oxygen atoms in total. The van der Waals surface area contributed by atoms with E-state index in [4.69, 9.17) is 14.2 Å². The van der Waals surface area contributed by atoms with Crippen LogP contribution in [0.4, 0.5) is 0 Å². The molecule has 0 fully saturated rings. The molecule has 7 heteroatoms. The number of ether oxygens (including phenoxy) is 3. The first kappa shape index (κ1) is 29.5. The summed E-state index contributed by atoms with van der Waals surface area (Å²) in [7, 11) is 2.05. The van der Waals surface area contributed by atoms with Gasteiger partial charge in [-0.1, -0.05) is 37.3 Å². The van der Waals surface area contributed by atoms with E-state index in [0.29, 0.717) is 32.7 Å². The lowest BCUT2D eigenvalue weighted by Gasteiger charge is -2.30. The van der Waals surface area contributed by atoms with E-state index in [-0.39, 0.29) is 17.4 Å². The minimum atomic E-state index is -0.465. The third kappa shape index (κ3) is 8.19. The maximum absolute atomic E-state index is 13.9. The molecular weight excluding hydrogens is 579 g/mol. The molecule has 3 rings (SSSR count). The molecule has 0 aliphatic rings. The van der Waals surface area contributed by atoms with Crippen LogP contribution in [0.2, 0.25) is 0 Å². The molecule has 202 valence electrons. The predicted octanol–water partition coefficient (Wildman–Crippen LogP) is 6.57. The lowest BCUT2D eigenvalue weighted by Crippen LogP contribution is -2.42. The molecule has 37 heavy (non-hydrogen) atoms. The number of nitrogens with zero attached hydrogens (tertiary/aromatic N) is 2. The van der Waals surface area contributed by atoms with Gasteiger partial charge < -0.3 is 23.7 Å². The number of benzene rings is 2. The van der Waals surface area contributed by atoms with Gasteiger partial charge in [-0.05, 0) is 86.9 Å². The first-order chi connectivity index (χ1) is 17.5. The highest BCUT2D eigenvalue weighted by Crippen LogP contribution is 2.27. The third-order valence-electron chi connectivity index (χ3n) is 6.09. The van der Waals surface area contributed by atoms with Crippen molar-refractivity contribution in [1.29, 1.82) is 0 Å². The average molecular weight is 621 g/mol. The van der Waals surface area contributed by atoms with Crippen molar-refractivity contribution in [3.8, 4) is 5.75 Å². The van der Waals surface area contributed by atoms with Crippen LogP contribution in [0.25, 0.3) is 10.9 Å². The van der Waals surface area contributed by atoms with Crippen molar-refractivity contribution in [2.75, 3.05) is 19.8 Å². The SMILES string of the molecule is CCOC(CN(Cc1cccc2c(I)cn(C)c12)C(=O)[C@@H](C)Cc1ccc(OC(C)(C)C)cc1)OCC. The Kier molecular flexibility index (Phi) is 10.4. The first-order valence-corrected chi connectivity index (χ1v) is 14.1. The molecule has 0 N–H and O–H groups in total. The fourth-order valence-electron chi connectivity index (χ4n) is 4.58. The summed E-state index contributed by atoms with van der Waals surface area (Å²) in [6.07, 6.45) is 2.30. The van der Waals surface area contributed by atoms with Crippen molar-refractivity contribution in [3.05, 3.63) is 63.4 Å². The van der Waals surface area contributed by atoms with Crippen LogP contribution in [0, 0.1) is 9.49 Å². The molecule has 1 heterocycles. The van der Waals surface area contributed by atoms with Crippen molar-refractivity contribution < 1.29 is 19.0 Å². The molecule has 1 atom stereocenters. The molecule has 0 saturated heterocycles. The molecule has 0 aliphatic carbocycles. The van der Waals surface area contributed by atoms with Gasteiger partial charge in [0, 0.05) is 47.9 Å². The molecule has 0 saturated carbocycles. The van der Waals surface area contributed by atoms with Gasteiger partial charge >= 0.3 is 0 Å². The summed E-state index contributed by atoms with van der Waals surface area (Å²) in [6, 6.07) is 14.4. The second kappa shape index (κ2) is 13.1. The van der Waals surface area contributed by atoms with E-state index in [1.165, 1.54) is 8.96 Å². The molecular formula is C30H41IN2O4. The number of aryl methyl sites for hydroxylation is 1. The molecule has 0 unspecified atom stereocenters. The van der Waals surface area contributed by atoms with Crippen LogP contribution in [0.5, 0.6) is 5.75 Å². The molecule has 2 aromatic carbocycles. The van der Waals surface area contributed by atoms with Crippen molar-refractivity contribution in [1.82, 2.24) is 9.47 Å². The highest BCUT2D eigenvalue weighted by Gasteiger charge is 2.26. The minimum Gasteiger partial charge on any atom is -0.488 e. The van der Waals surface area contributed by atoms with Crippen molar-refractivity contribution in [2.24, 2.45) is 13.0 Å². The van der Waals surface area contributed by atoms with E-state index < -0.39 is 6.29 Å². The van der Waals surface area contributed by atoms with Crippen molar-refractivity contribution >= 4 is 39.4 Å². The van der Waals surface area contributed by atoms with Crippen LogP contribution in [0.1, 0.15) is 52.7 Å². The number of fused-ring (bicyclic) bond motifs is 1. The Labute approximate surface area is 235 Å². The van der Waals surface area contributed by atoms with E-state index in [1.54, 1.807) is 0 Å². The average Bonchev–Trinajstić information content (AvgIpc) is 3.13. The van der Waals surface area contributed by atoms with Gasteiger partial charge in [-0.25, -0.2) is 0 Å².